The van der Waals surface area contributed by atoms with E-state index in [4.69, 9.17) is 0 Å². The molecule has 0 saturated heterocycles. The Bertz CT molecular complexity index is 379. The van der Waals surface area contributed by atoms with E-state index < -0.39 is 6.55 Å². The van der Waals surface area contributed by atoms with Gasteiger partial charge in [0, 0.05) is 6.20 Å². The fraction of sp³-hybridized carbons (Fsp3) is 0.167. The van der Waals surface area contributed by atoms with Crippen molar-refractivity contribution in [2.24, 2.45) is 0 Å². The van der Waals surface area contributed by atoms with Crippen LogP contribution in [0.1, 0.15) is 6.55 Å². The van der Waals surface area contributed by atoms with Crippen LogP contribution in [-0.2, 0) is 0 Å². The second-order valence-corrected chi connectivity index (χ2v) is 2.28. The fourth-order valence-electron chi connectivity index (χ4n) is 0.966. The van der Waals surface area contributed by atoms with Gasteiger partial charge in [-0.3, -0.25) is 5.10 Å². The first-order chi connectivity index (χ1) is 6.29. The molecule has 2 aromatic rings. The Morgan fingerprint density at radius 3 is 2.92 bits per heavy atom. The summed E-state index contributed by atoms with van der Waals surface area (Å²) in [5, 5.41) is 9.54. The maximum atomic E-state index is 12.3. The van der Waals surface area contributed by atoms with Gasteiger partial charge in [0.25, 0.3) is 0 Å². The summed E-state index contributed by atoms with van der Waals surface area (Å²) >= 11 is 0. The van der Waals surface area contributed by atoms with E-state index in [9.17, 15) is 8.78 Å². The van der Waals surface area contributed by atoms with Crippen molar-refractivity contribution in [3.63, 3.8) is 0 Å². The molecule has 5 nitrogen and oxygen atoms in total. The molecule has 0 amide bonds. The average molecular weight is 185 g/mol. The number of aromatic amines is 1. The summed E-state index contributed by atoms with van der Waals surface area (Å²) < 4.78 is 25.1. The first-order valence-corrected chi connectivity index (χ1v) is 3.46. The van der Waals surface area contributed by atoms with Gasteiger partial charge in [0.2, 0.25) is 0 Å². The van der Waals surface area contributed by atoms with Crippen molar-refractivity contribution >= 4 is 0 Å². The van der Waals surface area contributed by atoms with Crippen LogP contribution >= 0.6 is 0 Å². The Morgan fingerprint density at radius 1 is 1.46 bits per heavy atom. The summed E-state index contributed by atoms with van der Waals surface area (Å²) in [6, 6.07) is 1.54. The summed E-state index contributed by atoms with van der Waals surface area (Å²) in [5.74, 6) is 0.0764. The zero-order valence-corrected chi connectivity index (χ0v) is 6.35. The van der Waals surface area contributed by atoms with Gasteiger partial charge in [-0.15, -0.1) is 0 Å². The first-order valence-electron chi connectivity index (χ1n) is 3.46. The third kappa shape index (κ3) is 1.28. The molecule has 13 heavy (non-hydrogen) atoms. The molecule has 2 aromatic heterocycles. The van der Waals surface area contributed by atoms with Crippen molar-refractivity contribution in [2.75, 3.05) is 0 Å². The highest BCUT2D eigenvalue weighted by Gasteiger charge is 2.14. The predicted molar refractivity (Wildman–Crippen MR) is 38.9 cm³/mol. The normalized spacial score (nSPS) is 11.0. The molecular formula is C6H5F2N5. The number of alkyl halides is 2. The van der Waals surface area contributed by atoms with Gasteiger partial charge in [0.15, 0.2) is 5.82 Å². The van der Waals surface area contributed by atoms with E-state index >= 15 is 0 Å². The minimum absolute atomic E-state index is 0.0764. The Hall–Kier alpha value is -1.79. The van der Waals surface area contributed by atoms with Crippen LogP contribution in [0.25, 0.3) is 11.5 Å². The highest BCUT2D eigenvalue weighted by atomic mass is 19.3. The fourth-order valence-corrected chi connectivity index (χ4v) is 0.966. The molecule has 7 heteroatoms. The largest absolute Gasteiger partial charge is 0.335 e. The Labute approximate surface area is 71.4 Å². The summed E-state index contributed by atoms with van der Waals surface area (Å²) in [6.45, 7) is -2.69. The van der Waals surface area contributed by atoms with Gasteiger partial charge >= 0.3 is 6.55 Å². The Morgan fingerprint density at radius 2 is 2.31 bits per heavy atom. The molecule has 0 atom stereocenters. The van der Waals surface area contributed by atoms with Gasteiger partial charge in [-0.25, -0.2) is 4.98 Å². The molecular weight excluding hydrogens is 180 g/mol. The quantitative estimate of drug-likeness (QED) is 0.761. The zero-order valence-electron chi connectivity index (χ0n) is 6.35. The van der Waals surface area contributed by atoms with Crippen molar-refractivity contribution in [2.45, 2.75) is 6.55 Å². The van der Waals surface area contributed by atoms with Crippen molar-refractivity contribution < 1.29 is 8.78 Å². The van der Waals surface area contributed by atoms with Crippen LogP contribution in [0.3, 0.4) is 0 Å². The lowest BCUT2D eigenvalue weighted by atomic mass is 10.4. The van der Waals surface area contributed by atoms with Gasteiger partial charge < -0.3 is 0 Å². The van der Waals surface area contributed by atoms with Gasteiger partial charge in [0.05, 0.1) is 0 Å². The lowest BCUT2D eigenvalue weighted by molar-refractivity contribution is 0.0581. The SMILES string of the molecule is FC(F)n1ncnc1-c1ccn[nH]1. The van der Waals surface area contributed by atoms with Crippen LogP contribution in [0.5, 0.6) is 0 Å². The molecule has 0 radical (unpaired) electrons. The third-order valence-corrected chi connectivity index (χ3v) is 1.50. The molecule has 0 aliphatic heterocycles. The highest BCUT2D eigenvalue weighted by molar-refractivity contribution is 5.47. The minimum Gasteiger partial charge on any atom is -0.275 e. The van der Waals surface area contributed by atoms with E-state index in [1.54, 1.807) is 6.07 Å². The van der Waals surface area contributed by atoms with Gasteiger partial charge in [-0.05, 0) is 6.07 Å². The van der Waals surface area contributed by atoms with Crippen LogP contribution in [0.4, 0.5) is 8.78 Å². The lowest BCUT2D eigenvalue weighted by Crippen LogP contribution is -2.02. The van der Waals surface area contributed by atoms with Crippen molar-refractivity contribution in [3.05, 3.63) is 18.6 Å². The van der Waals surface area contributed by atoms with E-state index in [1.807, 2.05) is 0 Å². The molecule has 0 fully saturated rings. The first kappa shape index (κ1) is 7.84. The van der Waals surface area contributed by atoms with E-state index in [-0.39, 0.29) is 5.82 Å². The molecule has 1 N–H and O–H groups in total. The number of rotatable bonds is 2. The molecule has 0 aliphatic carbocycles. The van der Waals surface area contributed by atoms with Gasteiger partial charge in [-0.2, -0.15) is 23.7 Å². The van der Waals surface area contributed by atoms with Crippen LogP contribution < -0.4 is 0 Å². The van der Waals surface area contributed by atoms with Crippen molar-refractivity contribution in [1.82, 2.24) is 25.0 Å². The number of H-pyrrole nitrogens is 1. The molecule has 0 bridgehead atoms. The molecule has 2 heterocycles. The van der Waals surface area contributed by atoms with Crippen LogP contribution in [-0.4, -0.2) is 25.0 Å². The van der Waals surface area contributed by atoms with E-state index in [0.717, 1.165) is 6.33 Å². The van der Waals surface area contributed by atoms with E-state index in [2.05, 4.69) is 20.3 Å². The molecule has 0 aromatic carbocycles. The van der Waals surface area contributed by atoms with Crippen LogP contribution in [0.2, 0.25) is 0 Å². The average Bonchev–Trinajstić information content (AvgIpc) is 2.74. The van der Waals surface area contributed by atoms with Crippen LogP contribution in [0, 0.1) is 0 Å². The standard InChI is InChI=1S/C6H5F2N5/c7-6(8)13-5(9-3-11-13)4-1-2-10-12-4/h1-3,6H,(H,10,12). The third-order valence-electron chi connectivity index (χ3n) is 1.50. The summed E-state index contributed by atoms with van der Waals surface area (Å²) in [5.41, 5.74) is 0.415. The van der Waals surface area contributed by atoms with Crippen LogP contribution in [0.15, 0.2) is 18.6 Å². The number of nitrogens with zero attached hydrogens (tertiary/aromatic N) is 4. The van der Waals surface area contributed by atoms with Crippen molar-refractivity contribution in [1.29, 1.82) is 0 Å². The second kappa shape index (κ2) is 2.92. The summed E-state index contributed by atoms with van der Waals surface area (Å²) in [7, 11) is 0. The zero-order chi connectivity index (χ0) is 9.26. The second-order valence-electron chi connectivity index (χ2n) is 2.28. The summed E-state index contributed by atoms with van der Waals surface area (Å²) in [6.07, 6.45) is 2.53. The maximum absolute atomic E-state index is 12.3. The highest BCUT2D eigenvalue weighted by Crippen LogP contribution is 2.18. The maximum Gasteiger partial charge on any atom is 0.335 e. The molecule has 0 spiro atoms. The van der Waals surface area contributed by atoms with Gasteiger partial charge in [-0.1, -0.05) is 0 Å². The molecule has 68 valence electrons. The van der Waals surface area contributed by atoms with E-state index in [1.165, 1.54) is 6.20 Å². The topological polar surface area (TPSA) is 59.4 Å². The van der Waals surface area contributed by atoms with E-state index in [0.29, 0.717) is 10.4 Å². The number of aromatic nitrogens is 5. The summed E-state index contributed by atoms with van der Waals surface area (Å²) in [4.78, 5) is 3.68. The Kier molecular flexibility index (Phi) is 1.76. The van der Waals surface area contributed by atoms with Crippen molar-refractivity contribution in [3.8, 4) is 11.5 Å². The number of hydrogen-bond acceptors (Lipinski definition) is 3. The predicted octanol–water partition coefficient (Wildman–Crippen LogP) is 1.06. The molecule has 0 aliphatic rings. The minimum atomic E-state index is -2.69. The Balaban J connectivity index is 2.46. The number of nitrogens with one attached hydrogen (secondary N) is 1. The monoisotopic (exact) mass is 185 g/mol. The molecule has 0 saturated carbocycles. The van der Waals surface area contributed by atoms with Gasteiger partial charge in [0.1, 0.15) is 12.0 Å². The smallest absolute Gasteiger partial charge is 0.275 e. The number of halogens is 2. The lowest BCUT2D eigenvalue weighted by Gasteiger charge is -2.00. The molecule has 2 rings (SSSR count). The number of hydrogen-bond donors (Lipinski definition) is 1. The molecule has 0 unspecified atom stereocenters.